The second-order valence-corrected chi connectivity index (χ2v) is 5.69. The number of carbonyl (C=O) groups is 1. The highest BCUT2D eigenvalue weighted by molar-refractivity contribution is 7.09. The fourth-order valence-corrected chi connectivity index (χ4v) is 3.30. The largest absolute Gasteiger partial charge is 0.338 e. The monoisotopic (exact) mass is 276 g/mol. The number of hydrogen-bond donors (Lipinski definition) is 1. The van der Waals surface area contributed by atoms with Crippen LogP contribution in [0.2, 0.25) is 0 Å². The van der Waals surface area contributed by atoms with Gasteiger partial charge in [0.1, 0.15) is 16.5 Å². The molecule has 1 aliphatic rings. The predicted octanol–water partition coefficient (Wildman–Crippen LogP) is 2.54. The van der Waals surface area contributed by atoms with Crippen LogP contribution < -0.4 is 0 Å². The lowest BCUT2D eigenvalue weighted by Crippen LogP contribution is -2.38. The maximum absolute atomic E-state index is 12.6. The van der Waals surface area contributed by atoms with Crippen molar-refractivity contribution < 1.29 is 4.79 Å². The van der Waals surface area contributed by atoms with Gasteiger partial charge in [0.25, 0.3) is 5.91 Å². The molecule has 6 heteroatoms. The van der Waals surface area contributed by atoms with Crippen molar-refractivity contribution in [3.05, 3.63) is 34.3 Å². The maximum Gasteiger partial charge on any atom is 0.272 e. The molecular weight excluding hydrogens is 260 g/mol. The van der Waals surface area contributed by atoms with Gasteiger partial charge in [-0.25, -0.2) is 9.97 Å². The van der Waals surface area contributed by atoms with Crippen molar-refractivity contribution in [3.8, 4) is 0 Å². The summed E-state index contributed by atoms with van der Waals surface area (Å²) >= 11 is 1.62. The molecule has 1 N–H and O–H groups in total. The highest BCUT2D eigenvalue weighted by atomic mass is 32.1. The summed E-state index contributed by atoms with van der Waals surface area (Å²) in [6, 6.07) is 0.116. The highest BCUT2D eigenvalue weighted by Gasteiger charge is 2.30. The molecule has 0 bridgehead atoms. The molecule has 0 aliphatic carbocycles. The van der Waals surface area contributed by atoms with Crippen LogP contribution in [-0.2, 0) is 0 Å². The molecule has 1 atom stereocenters. The molecule has 1 saturated heterocycles. The Morgan fingerprint density at radius 3 is 3.05 bits per heavy atom. The first-order chi connectivity index (χ1) is 9.25. The molecule has 19 heavy (non-hydrogen) atoms. The van der Waals surface area contributed by atoms with Gasteiger partial charge in [0.15, 0.2) is 0 Å². The number of H-pyrrole nitrogens is 1. The lowest BCUT2D eigenvalue weighted by Gasteiger charge is -2.34. The van der Waals surface area contributed by atoms with Crippen molar-refractivity contribution in [1.29, 1.82) is 0 Å². The van der Waals surface area contributed by atoms with E-state index in [1.807, 2.05) is 17.2 Å². The number of thiazole rings is 1. The van der Waals surface area contributed by atoms with E-state index in [-0.39, 0.29) is 11.9 Å². The first-order valence-electron chi connectivity index (χ1n) is 6.47. The van der Waals surface area contributed by atoms with Crippen LogP contribution in [0.1, 0.15) is 46.6 Å². The summed E-state index contributed by atoms with van der Waals surface area (Å²) in [5.74, 6) is 0.798. The number of nitrogens with one attached hydrogen (secondary N) is 1. The highest BCUT2D eigenvalue weighted by Crippen LogP contribution is 2.32. The molecule has 3 rings (SSSR count). The lowest BCUT2D eigenvalue weighted by atomic mass is 10.0. The second kappa shape index (κ2) is 5.13. The second-order valence-electron chi connectivity index (χ2n) is 4.76. The van der Waals surface area contributed by atoms with Gasteiger partial charge in [-0.3, -0.25) is 4.79 Å². The topological polar surface area (TPSA) is 61.9 Å². The number of aryl methyl sites for hydroxylation is 1. The van der Waals surface area contributed by atoms with Crippen LogP contribution in [0.5, 0.6) is 0 Å². The molecule has 5 nitrogen and oxygen atoms in total. The van der Waals surface area contributed by atoms with E-state index < -0.39 is 0 Å². The Morgan fingerprint density at radius 1 is 1.47 bits per heavy atom. The van der Waals surface area contributed by atoms with E-state index in [1.54, 1.807) is 23.7 Å². The Bertz CT molecular complexity index is 563. The third kappa shape index (κ3) is 2.40. The number of carbonyl (C=O) groups excluding carboxylic acids is 1. The van der Waals surface area contributed by atoms with Gasteiger partial charge < -0.3 is 9.88 Å². The number of imidazole rings is 1. The van der Waals surface area contributed by atoms with Crippen LogP contribution in [0.25, 0.3) is 0 Å². The minimum atomic E-state index is 0.0282. The van der Waals surface area contributed by atoms with E-state index in [0.29, 0.717) is 5.69 Å². The summed E-state index contributed by atoms with van der Waals surface area (Å²) < 4.78 is 0. The number of likely N-dealkylation sites (tertiary alicyclic amines) is 1. The van der Waals surface area contributed by atoms with Gasteiger partial charge in [-0.05, 0) is 26.2 Å². The van der Waals surface area contributed by atoms with Gasteiger partial charge in [0.2, 0.25) is 0 Å². The Hall–Kier alpha value is -1.69. The summed E-state index contributed by atoms with van der Waals surface area (Å²) in [6.45, 7) is 2.65. The molecule has 0 radical (unpaired) electrons. The Kier molecular flexibility index (Phi) is 3.33. The van der Waals surface area contributed by atoms with Gasteiger partial charge in [0.05, 0.1) is 12.2 Å². The number of aromatic nitrogens is 3. The molecule has 1 amide bonds. The zero-order valence-electron chi connectivity index (χ0n) is 10.8. The molecule has 0 spiro atoms. The average molecular weight is 276 g/mol. The minimum Gasteiger partial charge on any atom is -0.338 e. The molecule has 100 valence electrons. The van der Waals surface area contributed by atoms with Crippen molar-refractivity contribution in [2.45, 2.75) is 32.2 Å². The summed E-state index contributed by atoms with van der Waals surface area (Å²) in [6.07, 6.45) is 6.62. The Balaban J connectivity index is 1.86. The fourth-order valence-electron chi connectivity index (χ4n) is 2.51. The molecule has 1 aliphatic heterocycles. The average Bonchev–Trinajstić information content (AvgIpc) is 3.09. The molecular formula is C13H16N4OS. The van der Waals surface area contributed by atoms with Crippen molar-refractivity contribution in [2.24, 2.45) is 0 Å². The van der Waals surface area contributed by atoms with Crippen molar-refractivity contribution in [2.75, 3.05) is 6.54 Å². The summed E-state index contributed by atoms with van der Waals surface area (Å²) in [5, 5.41) is 3.00. The standard InChI is InChI=1S/C13H16N4OS/c1-9-15-8-10(16-9)13(18)17-6-3-2-4-11(17)12-14-5-7-19-12/h5,7-8,11H,2-4,6H2,1H3,(H,15,16)/t11-/m1/s1. The number of nitrogens with zero attached hydrogens (tertiary/aromatic N) is 3. The Labute approximate surface area is 115 Å². The van der Waals surface area contributed by atoms with Crippen LogP contribution in [0.15, 0.2) is 17.8 Å². The van der Waals surface area contributed by atoms with Crippen LogP contribution in [0, 0.1) is 6.92 Å². The van der Waals surface area contributed by atoms with Crippen molar-refractivity contribution in [1.82, 2.24) is 19.9 Å². The molecule has 0 unspecified atom stereocenters. The van der Waals surface area contributed by atoms with E-state index in [0.717, 1.165) is 36.6 Å². The fraction of sp³-hybridized carbons (Fsp3) is 0.462. The number of amides is 1. The molecule has 0 aromatic carbocycles. The van der Waals surface area contributed by atoms with Gasteiger partial charge >= 0.3 is 0 Å². The SMILES string of the molecule is Cc1ncc(C(=O)N2CCCC[C@@H]2c2nccs2)[nH]1. The molecule has 2 aromatic heterocycles. The van der Waals surface area contributed by atoms with Gasteiger partial charge in [-0.15, -0.1) is 11.3 Å². The number of rotatable bonds is 2. The number of hydrogen-bond acceptors (Lipinski definition) is 4. The molecule has 0 saturated carbocycles. The first-order valence-corrected chi connectivity index (χ1v) is 7.35. The Morgan fingerprint density at radius 2 is 2.37 bits per heavy atom. The summed E-state index contributed by atoms with van der Waals surface area (Å²) in [5.41, 5.74) is 0.570. The van der Waals surface area contributed by atoms with E-state index in [4.69, 9.17) is 0 Å². The third-order valence-electron chi connectivity index (χ3n) is 3.43. The van der Waals surface area contributed by atoms with Gasteiger partial charge in [-0.2, -0.15) is 0 Å². The summed E-state index contributed by atoms with van der Waals surface area (Å²) in [4.78, 5) is 26.0. The zero-order chi connectivity index (χ0) is 13.2. The van der Waals surface area contributed by atoms with Crippen LogP contribution in [0.3, 0.4) is 0 Å². The number of aromatic amines is 1. The van der Waals surface area contributed by atoms with Gasteiger partial charge in [0, 0.05) is 18.1 Å². The molecule has 2 aromatic rings. The normalized spacial score (nSPS) is 19.6. The van der Waals surface area contributed by atoms with E-state index in [1.165, 1.54) is 0 Å². The predicted molar refractivity (Wildman–Crippen MR) is 73.1 cm³/mol. The van der Waals surface area contributed by atoms with Crippen LogP contribution in [-0.4, -0.2) is 32.3 Å². The van der Waals surface area contributed by atoms with Crippen LogP contribution in [0.4, 0.5) is 0 Å². The first kappa shape index (κ1) is 12.3. The van der Waals surface area contributed by atoms with E-state index >= 15 is 0 Å². The maximum atomic E-state index is 12.6. The van der Waals surface area contributed by atoms with Crippen molar-refractivity contribution in [3.63, 3.8) is 0 Å². The third-order valence-corrected chi connectivity index (χ3v) is 4.31. The smallest absolute Gasteiger partial charge is 0.272 e. The van der Waals surface area contributed by atoms with Gasteiger partial charge in [-0.1, -0.05) is 0 Å². The minimum absolute atomic E-state index is 0.0282. The molecule has 1 fully saturated rings. The summed E-state index contributed by atoms with van der Waals surface area (Å²) in [7, 11) is 0. The van der Waals surface area contributed by atoms with E-state index in [9.17, 15) is 4.79 Å². The van der Waals surface area contributed by atoms with Crippen LogP contribution >= 0.6 is 11.3 Å². The molecule has 3 heterocycles. The van der Waals surface area contributed by atoms with E-state index in [2.05, 4.69) is 15.0 Å². The van der Waals surface area contributed by atoms with Crippen molar-refractivity contribution >= 4 is 17.2 Å². The zero-order valence-corrected chi connectivity index (χ0v) is 11.6. The quantitative estimate of drug-likeness (QED) is 0.917. The number of piperidine rings is 1. The lowest BCUT2D eigenvalue weighted by molar-refractivity contribution is 0.0605.